The number of hydrogen-bond acceptors (Lipinski definition) is 4. The average molecular weight is 353 g/mol. The standard InChI is InChI=1S/C18H13ClN4O2/c19-14-4-1-3-13(11-14)6-7-16-20-21-17-12-22(8-9-23(16)17)18(24)15-5-2-10-25-15/h1-5,10-11H,8-9,12H2. The summed E-state index contributed by atoms with van der Waals surface area (Å²) < 4.78 is 7.11. The van der Waals surface area contributed by atoms with E-state index >= 15 is 0 Å². The number of carbonyl (C=O) groups is 1. The molecule has 0 atom stereocenters. The van der Waals surface area contributed by atoms with Crippen LogP contribution >= 0.6 is 11.6 Å². The lowest BCUT2D eigenvalue weighted by Gasteiger charge is -2.26. The second-order valence-electron chi connectivity index (χ2n) is 5.56. The van der Waals surface area contributed by atoms with Gasteiger partial charge in [-0.15, -0.1) is 10.2 Å². The van der Waals surface area contributed by atoms with Crippen molar-refractivity contribution < 1.29 is 9.21 Å². The molecule has 124 valence electrons. The summed E-state index contributed by atoms with van der Waals surface area (Å²) in [6, 6.07) is 10.7. The first-order chi connectivity index (χ1) is 12.2. The lowest BCUT2D eigenvalue weighted by atomic mass is 10.2. The summed E-state index contributed by atoms with van der Waals surface area (Å²) in [6.07, 6.45) is 1.49. The smallest absolute Gasteiger partial charge is 0.290 e. The van der Waals surface area contributed by atoms with Crippen molar-refractivity contribution >= 4 is 17.5 Å². The molecule has 2 aromatic heterocycles. The Kier molecular flexibility index (Phi) is 4.00. The Morgan fingerprint density at radius 3 is 2.88 bits per heavy atom. The normalized spacial score (nSPS) is 13.1. The van der Waals surface area contributed by atoms with Crippen LogP contribution in [0, 0.1) is 11.8 Å². The average Bonchev–Trinajstić information content (AvgIpc) is 3.29. The van der Waals surface area contributed by atoms with Crippen LogP contribution in [-0.2, 0) is 13.1 Å². The van der Waals surface area contributed by atoms with E-state index in [1.54, 1.807) is 29.2 Å². The van der Waals surface area contributed by atoms with Crippen molar-refractivity contribution in [1.29, 1.82) is 0 Å². The minimum absolute atomic E-state index is 0.147. The van der Waals surface area contributed by atoms with Crippen molar-refractivity contribution in [1.82, 2.24) is 19.7 Å². The van der Waals surface area contributed by atoms with Gasteiger partial charge in [-0.05, 0) is 36.3 Å². The highest BCUT2D eigenvalue weighted by atomic mass is 35.5. The fourth-order valence-electron chi connectivity index (χ4n) is 2.67. The van der Waals surface area contributed by atoms with Crippen molar-refractivity contribution in [3.63, 3.8) is 0 Å². The molecule has 0 bridgehead atoms. The predicted molar refractivity (Wildman–Crippen MR) is 90.9 cm³/mol. The molecule has 3 heterocycles. The van der Waals surface area contributed by atoms with E-state index in [2.05, 4.69) is 22.0 Å². The molecule has 25 heavy (non-hydrogen) atoms. The lowest BCUT2D eigenvalue weighted by molar-refractivity contribution is 0.0675. The Balaban J connectivity index is 1.54. The second-order valence-corrected chi connectivity index (χ2v) is 5.99. The predicted octanol–water partition coefficient (Wildman–Crippen LogP) is 2.58. The summed E-state index contributed by atoms with van der Waals surface area (Å²) in [4.78, 5) is 14.0. The van der Waals surface area contributed by atoms with Gasteiger partial charge in [0.05, 0.1) is 12.8 Å². The van der Waals surface area contributed by atoms with Crippen LogP contribution in [0.4, 0.5) is 0 Å². The molecule has 1 amide bonds. The molecule has 0 fully saturated rings. The zero-order chi connectivity index (χ0) is 17.2. The third-order valence-electron chi connectivity index (χ3n) is 3.92. The number of hydrogen-bond donors (Lipinski definition) is 0. The quantitative estimate of drug-likeness (QED) is 0.631. The van der Waals surface area contributed by atoms with Gasteiger partial charge >= 0.3 is 0 Å². The minimum atomic E-state index is -0.147. The third-order valence-corrected chi connectivity index (χ3v) is 4.15. The van der Waals surface area contributed by atoms with Crippen molar-refractivity contribution in [3.8, 4) is 11.8 Å². The van der Waals surface area contributed by atoms with Crippen LogP contribution in [0.1, 0.15) is 27.8 Å². The van der Waals surface area contributed by atoms with E-state index in [1.165, 1.54) is 6.26 Å². The van der Waals surface area contributed by atoms with E-state index in [0.717, 1.165) is 5.56 Å². The highest BCUT2D eigenvalue weighted by molar-refractivity contribution is 6.30. The van der Waals surface area contributed by atoms with Gasteiger partial charge in [-0.2, -0.15) is 0 Å². The fraction of sp³-hybridized carbons (Fsp3) is 0.167. The largest absolute Gasteiger partial charge is 0.459 e. The van der Waals surface area contributed by atoms with Crippen molar-refractivity contribution in [3.05, 3.63) is 70.7 Å². The van der Waals surface area contributed by atoms with E-state index in [-0.39, 0.29) is 5.91 Å². The van der Waals surface area contributed by atoms with Crippen LogP contribution in [0.5, 0.6) is 0 Å². The number of furan rings is 1. The van der Waals surface area contributed by atoms with Crippen molar-refractivity contribution in [2.45, 2.75) is 13.1 Å². The summed E-state index contributed by atoms with van der Waals surface area (Å²) in [5, 5.41) is 8.94. The van der Waals surface area contributed by atoms with Crippen LogP contribution in [0.25, 0.3) is 0 Å². The van der Waals surface area contributed by atoms with Crippen LogP contribution in [0.3, 0.4) is 0 Å². The molecule has 3 aromatic rings. The first-order valence-corrected chi connectivity index (χ1v) is 8.11. The first-order valence-electron chi connectivity index (χ1n) is 7.73. The maximum absolute atomic E-state index is 12.4. The Morgan fingerprint density at radius 2 is 2.08 bits per heavy atom. The van der Waals surface area contributed by atoms with Gasteiger partial charge in [0.25, 0.3) is 5.91 Å². The van der Waals surface area contributed by atoms with E-state index in [9.17, 15) is 4.79 Å². The number of aromatic nitrogens is 3. The van der Waals surface area contributed by atoms with Crippen LogP contribution in [0.2, 0.25) is 5.02 Å². The molecule has 1 aliphatic rings. The van der Waals surface area contributed by atoms with Gasteiger partial charge in [0.15, 0.2) is 11.6 Å². The molecule has 0 spiro atoms. The number of amides is 1. The van der Waals surface area contributed by atoms with Gasteiger partial charge < -0.3 is 13.9 Å². The number of halogens is 1. The molecule has 0 unspecified atom stereocenters. The summed E-state index contributed by atoms with van der Waals surface area (Å²) in [6.45, 7) is 1.52. The molecule has 0 saturated carbocycles. The zero-order valence-electron chi connectivity index (χ0n) is 13.1. The molecule has 0 aliphatic carbocycles. The molecule has 6 nitrogen and oxygen atoms in total. The van der Waals surface area contributed by atoms with Gasteiger partial charge in [-0.25, -0.2) is 0 Å². The van der Waals surface area contributed by atoms with Crippen LogP contribution in [-0.4, -0.2) is 32.1 Å². The molecule has 0 radical (unpaired) electrons. The van der Waals surface area contributed by atoms with Gasteiger partial charge in [0.1, 0.15) is 0 Å². The molecule has 1 aliphatic heterocycles. The van der Waals surface area contributed by atoms with Gasteiger partial charge in [0.2, 0.25) is 5.82 Å². The second kappa shape index (κ2) is 6.46. The number of rotatable bonds is 1. The maximum Gasteiger partial charge on any atom is 0.290 e. The van der Waals surface area contributed by atoms with E-state index in [1.807, 2.05) is 16.7 Å². The van der Waals surface area contributed by atoms with Gasteiger partial charge in [0, 0.05) is 23.7 Å². The van der Waals surface area contributed by atoms with E-state index in [0.29, 0.717) is 42.1 Å². The Labute approximate surface area is 149 Å². The molecule has 7 heteroatoms. The number of carbonyl (C=O) groups excluding carboxylic acids is 1. The van der Waals surface area contributed by atoms with Gasteiger partial charge in [-0.1, -0.05) is 23.6 Å². The molecule has 4 rings (SSSR count). The van der Waals surface area contributed by atoms with Crippen LogP contribution in [0.15, 0.2) is 47.1 Å². The fourth-order valence-corrected chi connectivity index (χ4v) is 2.86. The molecular weight excluding hydrogens is 340 g/mol. The maximum atomic E-state index is 12.4. The number of benzene rings is 1. The molecule has 0 saturated heterocycles. The lowest BCUT2D eigenvalue weighted by Crippen LogP contribution is -2.38. The monoisotopic (exact) mass is 352 g/mol. The molecule has 0 N–H and O–H groups in total. The zero-order valence-corrected chi connectivity index (χ0v) is 13.9. The number of nitrogens with zero attached hydrogens (tertiary/aromatic N) is 4. The SMILES string of the molecule is O=C(c1ccco1)N1CCn2c(C#Cc3cccc(Cl)c3)nnc2C1. The summed E-state index contributed by atoms with van der Waals surface area (Å²) in [5.74, 6) is 7.54. The van der Waals surface area contributed by atoms with Crippen molar-refractivity contribution in [2.24, 2.45) is 0 Å². The van der Waals surface area contributed by atoms with Crippen LogP contribution < -0.4 is 0 Å². The Bertz CT molecular complexity index is 982. The molecular formula is C18H13ClN4O2. The summed E-state index contributed by atoms with van der Waals surface area (Å²) in [5.41, 5.74) is 0.815. The van der Waals surface area contributed by atoms with Gasteiger partial charge in [-0.3, -0.25) is 4.79 Å². The Morgan fingerprint density at radius 1 is 1.16 bits per heavy atom. The third kappa shape index (κ3) is 3.14. The highest BCUT2D eigenvalue weighted by Gasteiger charge is 2.26. The highest BCUT2D eigenvalue weighted by Crippen LogP contribution is 2.16. The number of fused-ring (bicyclic) bond motifs is 1. The Hall–Kier alpha value is -3.04. The molecule has 1 aromatic carbocycles. The summed E-state index contributed by atoms with van der Waals surface area (Å²) in [7, 11) is 0. The van der Waals surface area contributed by atoms with E-state index in [4.69, 9.17) is 16.0 Å². The first kappa shape index (κ1) is 15.5. The van der Waals surface area contributed by atoms with E-state index < -0.39 is 0 Å². The van der Waals surface area contributed by atoms with Crippen molar-refractivity contribution in [2.75, 3.05) is 6.54 Å². The minimum Gasteiger partial charge on any atom is -0.459 e. The summed E-state index contributed by atoms with van der Waals surface area (Å²) >= 11 is 5.96. The topological polar surface area (TPSA) is 64.2 Å².